The van der Waals surface area contributed by atoms with E-state index in [1.807, 2.05) is 36.4 Å². The lowest BCUT2D eigenvalue weighted by molar-refractivity contribution is 1.07. The number of nitrogens with one attached hydrogen (secondary N) is 2. The molecule has 2 aromatic carbocycles. The molecule has 0 aliphatic rings. The molecule has 0 saturated carbocycles. The van der Waals surface area contributed by atoms with E-state index in [2.05, 4.69) is 26.0 Å². The first-order chi connectivity index (χ1) is 11.7. The molecule has 0 amide bonds. The van der Waals surface area contributed by atoms with Crippen LogP contribution in [0.4, 0.5) is 0 Å². The van der Waals surface area contributed by atoms with Crippen molar-refractivity contribution in [3.63, 3.8) is 0 Å². The largest absolute Gasteiger partial charge is 0.326 e. The lowest BCUT2D eigenvalue weighted by atomic mass is 10.1. The van der Waals surface area contributed by atoms with Crippen LogP contribution in [0, 0.1) is 0 Å². The molecule has 3 aromatic heterocycles. The van der Waals surface area contributed by atoms with Gasteiger partial charge in [-0.2, -0.15) is 0 Å². The molecule has 0 atom stereocenters. The summed E-state index contributed by atoms with van der Waals surface area (Å²) in [6, 6.07) is 15.5. The Hall–Kier alpha value is -3.54. The fraction of sp³-hybridized carbons (Fsp3) is 0. The van der Waals surface area contributed by atoms with Gasteiger partial charge >= 0.3 is 5.69 Å². The number of rotatable bonds is 0. The number of H-pyrrole nitrogens is 2. The topological polar surface area (TPSA) is 91.5 Å². The van der Waals surface area contributed by atoms with Crippen LogP contribution in [0.2, 0.25) is 0 Å². The zero-order valence-corrected chi connectivity index (χ0v) is 12.3. The average Bonchev–Trinajstić information content (AvgIpc) is 2.56. The second-order valence-corrected chi connectivity index (χ2v) is 5.71. The summed E-state index contributed by atoms with van der Waals surface area (Å²) in [5, 5.41) is 2.82. The minimum absolute atomic E-state index is 0.218. The minimum Gasteiger partial charge on any atom is -0.305 e. The van der Waals surface area contributed by atoms with Crippen molar-refractivity contribution in [1.82, 2.24) is 19.9 Å². The quantitative estimate of drug-likeness (QED) is 0.430. The zero-order valence-electron chi connectivity index (χ0n) is 12.3. The third kappa shape index (κ3) is 1.83. The molecule has 6 heteroatoms. The van der Waals surface area contributed by atoms with Crippen molar-refractivity contribution >= 4 is 43.7 Å². The SMILES string of the molecule is O=c1[nH]c(=O)c2nc3cc4cc5ccccc5nc4cc3cc2[nH]1. The van der Waals surface area contributed by atoms with E-state index < -0.39 is 11.2 Å². The van der Waals surface area contributed by atoms with E-state index in [9.17, 15) is 9.59 Å². The molecule has 0 fully saturated rings. The van der Waals surface area contributed by atoms with Gasteiger partial charge in [-0.1, -0.05) is 18.2 Å². The van der Waals surface area contributed by atoms with Crippen LogP contribution in [0.15, 0.2) is 58.1 Å². The van der Waals surface area contributed by atoms with E-state index in [0.717, 1.165) is 27.2 Å². The molecule has 0 saturated heterocycles. The van der Waals surface area contributed by atoms with E-state index >= 15 is 0 Å². The molecule has 24 heavy (non-hydrogen) atoms. The van der Waals surface area contributed by atoms with Crippen molar-refractivity contribution in [2.24, 2.45) is 0 Å². The van der Waals surface area contributed by atoms with Gasteiger partial charge < -0.3 is 4.98 Å². The molecule has 0 spiro atoms. The van der Waals surface area contributed by atoms with Gasteiger partial charge in [0.05, 0.1) is 22.1 Å². The first-order valence-electron chi connectivity index (χ1n) is 7.44. The first kappa shape index (κ1) is 13.0. The second-order valence-electron chi connectivity index (χ2n) is 5.71. The Morgan fingerprint density at radius 2 is 1.46 bits per heavy atom. The van der Waals surface area contributed by atoms with E-state index in [1.165, 1.54) is 0 Å². The molecule has 0 aliphatic heterocycles. The van der Waals surface area contributed by atoms with Crippen molar-refractivity contribution in [1.29, 1.82) is 0 Å². The van der Waals surface area contributed by atoms with E-state index in [-0.39, 0.29) is 5.52 Å². The molecule has 5 rings (SSSR count). The fourth-order valence-electron chi connectivity index (χ4n) is 3.03. The number of pyridine rings is 2. The Labute approximate surface area is 133 Å². The first-order valence-corrected chi connectivity index (χ1v) is 7.44. The summed E-state index contributed by atoms with van der Waals surface area (Å²) >= 11 is 0. The molecule has 0 aliphatic carbocycles. The van der Waals surface area contributed by atoms with Gasteiger partial charge in [0.1, 0.15) is 0 Å². The second kappa shape index (κ2) is 4.48. The van der Waals surface area contributed by atoms with Gasteiger partial charge in [-0.3, -0.25) is 9.78 Å². The van der Waals surface area contributed by atoms with Crippen LogP contribution in [-0.2, 0) is 0 Å². The highest BCUT2D eigenvalue weighted by Gasteiger charge is 2.07. The highest BCUT2D eigenvalue weighted by Crippen LogP contribution is 2.25. The Morgan fingerprint density at radius 3 is 2.33 bits per heavy atom. The lowest BCUT2D eigenvalue weighted by Crippen LogP contribution is -2.22. The number of hydrogen-bond donors (Lipinski definition) is 2. The van der Waals surface area contributed by atoms with Crippen molar-refractivity contribution in [2.45, 2.75) is 0 Å². The van der Waals surface area contributed by atoms with Crippen LogP contribution < -0.4 is 11.2 Å². The van der Waals surface area contributed by atoms with Crippen LogP contribution in [0.1, 0.15) is 0 Å². The third-order valence-electron chi connectivity index (χ3n) is 4.14. The summed E-state index contributed by atoms with van der Waals surface area (Å²) in [5.74, 6) is 0. The zero-order chi connectivity index (χ0) is 16.3. The van der Waals surface area contributed by atoms with Crippen LogP contribution in [-0.4, -0.2) is 19.9 Å². The molecule has 2 N–H and O–H groups in total. The van der Waals surface area contributed by atoms with E-state index in [0.29, 0.717) is 11.0 Å². The molecule has 6 nitrogen and oxygen atoms in total. The number of aromatic nitrogens is 4. The number of nitrogens with zero attached hydrogens (tertiary/aromatic N) is 2. The third-order valence-corrected chi connectivity index (χ3v) is 4.14. The van der Waals surface area contributed by atoms with Gasteiger partial charge in [-0.05, 0) is 30.3 Å². The molecule has 5 aromatic rings. The Balaban J connectivity index is 1.95. The summed E-state index contributed by atoms with van der Waals surface area (Å²) in [6.07, 6.45) is 0. The maximum absolute atomic E-state index is 11.9. The summed E-state index contributed by atoms with van der Waals surface area (Å²) in [7, 11) is 0. The Bertz CT molecular complexity index is 1400. The molecule has 0 bridgehead atoms. The molecule has 0 radical (unpaired) electrons. The van der Waals surface area contributed by atoms with Crippen LogP contribution in [0.25, 0.3) is 43.7 Å². The smallest absolute Gasteiger partial charge is 0.305 e. The van der Waals surface area contributed by atoms with E-state index in [1.54, 1.807) is 6.07 Å². The molecular formula is C18H10N4O2. The fourth-order valence-corrected chi connectivity index (χ4v) is 3.03. The molecule has 0 unspecified atom stereocenters. The van der Waals surface area contributed by atoms with Crippen molar-refractivity contribution in [3.05, 3.63) is 69.4 Å². The summed E-state index contributed by atoms with van der Waals surface area (Å²) in [6.45, 7) is 0. The van der Waals surface area contributed by atoms with Gasteiger partial charge in [0, 0.05) is 16.2 Å². The lowest BCUT2D eigenvalue weighted by Gasteiger charge is -2.05. The van der Waals surface area contributed by atoms with Crippen molar-refractivity contribution < 1.29 is 0 Å². The monoisotopic (exact) mass is 314 g/mol. The predicted octanol–water partition coefficient (Wildman–Crippen LogP) is 2.47. The number of aromatic amines is 2. The summed E-state index contributed by atoms with van der Waals surface area (Å²) < 4.78 is 0. The standard InChI is InChI=1S/C18H10N4O2/c23-17-16-15(21-18(24)22-17)8-11-7-13-10(6-14(11)20-16)5-9-3-1-2-4-12(9)19-13/h1-8H,(H2,21,22,23,24). The van der Waals surface area contributed by atoms with Gasteiger partial charge in [-0.15, -0.1) is 0 Å². The van der Waals surface area contributed by atoms with Crippen molar-refractivity contribution in [3.8, 4) is 0 Å². The number of para-hydroxylation sites is 1. The van der Waals surface area contributed by atoms with Gasteiger partial charge in [-0.25, -0.2) is 14.8 Å². The van der Waals surface area contributed by atoms with Crippen LogP contribution in [0.5, 0.6) is 0 Å². The predicted molar refractivity (Wildman–Crippen MR) is 93.3 cm³/mol. The Morgan fingerprint density at radius 1 is 0.708 bits per heavy atom. The van der Waals surface area contributed by atoms with Gasteiger partial charge in [0.15, 0.2) is 5.52 Å². The summed E-state index contributed by atoms with van der Waals surface area (Å²) in [4.78, 5) is 37.3. The normalized spacial score (nSPS) is 11.7. The van der Waals surface area contributed by atoms with Gasteiger partial charge in [0.25, 0.3) is 5.56 Å². The number of hydrogen-bond acceptors (Lipinski definition) is 4. The minimum atomic E-state index is -0.543. The maximum Gasteiger partial charge on any atom is 0.326 e. The number of benzene rings is 2. The average molecular weight is 314 g/mol. The molecular weight excluding hydrogens is 304 g/mol. The molecule has 3 heterocycles. The van der Waals surface area contributed by atoms with E-state index in [4.69, 9.17) is 0 Å². The highest BCUT2D eigenvalue weighted by atomic mass is 16.2. The van der Waals surface area contributed by atoms with Gasteiger partial charge in [0.2, 0.25) is 0 Å². The summed E-state index contributed by atoms with van der Waals surface area (Å²) in [5.41, 5.74) is 2.04. The molecule has 114 valence electrons. The highest BCUT2D eigenvalue weighted by molar-refractivity contribution is 6.02. The number of fused-ring (bicyclic) bond motifs is 4. The van der Waals surface area contributed by atoms with Crippen molar-refractivity contribution in [2.75, 3.05) is 0 Å². The Kier molecular flexibility index (Phi) is 2.42. The van der Waals surface area contributed by atoms with Crippen LogP contribution >= 0.6 is 0 Å². The maximum atomic E-state index is 11.9. The van der Waals surface area contributed by atoms with Crippen LogP contribution in [0.3, 0.4) is 0 Å².